The first-order valence-electron chi connectivity index (χ1n) is 4.00. The van der Waals surface area contributed by atoms with Crippen molar-refractivity contribution in [1.82, 2.24) is 5.32 Å². The fourth-order valence-corrected chi connectivity index (χ4v) is 1.14. The van der Waals surface area contributed by atoms with Crippen LogP contribution in [0.4, 0.5) is 0 Å². The van der Waals surface area contributed by atoms with Gasteiger partial charge in [-0.2, -0.15) is 0 Å². The largest absolute Gasteiger partial charge is 0.409 e. The fourth-order valence-electron chi connectivity index (χ4n) is 1.14. The van der Waals surface area contributed by atoms with E-state index < -0.39 is 0 Å². The van der Waals surface area contributed by atoms with Crippen molar-refractivity contribution >= 4 is 5.84 Å². The maximum Gasteiger partial charge on any atom is 0.153 e. The summed E-state index contributed by atoms with van der Waals surface area (Å²) >= 11 is 0. The molecule has 64 valence electrons. The summed E-state index contributed by atoms with van der Waals surface area (Å²) in [5.41, 5.74) is 5.26. The molecule has 0 unspecified atom stereocenters. The van der Waals surface area contributed by atoms with Crippen molar-refractivity contribution in [2.24, 2.45) is 16.8 Å². The summed E-state index contributed by atoms with van der Waals surface area (Å²) in [5, 5.41) is 14.2. The van der Waals surface area contributed by atoms with Crippen LogP contribution >= 0.6 is 0 Å². The quantitative estimate of drug-likeness (QED) is 0.235. The Morgan fingerprint density at radius 2 is 2.36 bits per heavy atom. The Hall–Kier alpha value is -0.770. The van der Waals surface area contributed by atoms with Crippen molar-refractivity contribution in [2.45, 2.75) is 19.3 Å². The van der Waals surface area contributed by atoms with E-state index in [2.05, 4.69) is 10.5 Å². The molecule has 0 aromatic carbocycles. The number of oxime groups is 1. The van der Waals surface area contributed by atoms with Gasteiger partial charge in [-0.25, -0.2) is 0 Å². The van der Waals surface area contributed by atoms with Crippen molar-refractivity contribution in [3.63, 3.8) is 0 Å². The van der Waals surface area contributed by atoms with E-state index in [0.29, 0.717) is 6.54 Å². The molecular weight excluding hydrogens is 142 g/mol. The van der Waals surface area contributed by atoms with Gasteiger partial charge in [0.2, 0.25) is 0 Å². The summed E-state index contributed by atoms with van der Waals surface area (Å²) in [4.78, 5) is 0. The van der Waals surface area contributed by atoms with Crippen LogP contribution in [0, 0.1) is 5.92 Å². The van der Waals surface area contributed by atoms with E-state index in [0.717, 1.165) is 12.5 Å². The molecule has 4 nitrogen and oxygen atoms in total. The van der Waals surface area contributed by atoms with Crippen molar-refractivity contribution in [3.8, 4) is 0 Å². The van der Waals surface area contributed by atoms with Crippen molar-refractivity contribution in [1.29, 1.82) is 0 Å². The normalized spacial score (nSPS) is 19.8. The standard InChI is InChI=1S/C7H15N3O/c8-7(10-11)5-9-4-6-2-1-3-6/h6,9,11H,1-5H2,(H2,8,10). The number of nitrogens with zero attached hydrogens (tertiary/aromatic N) is 1. The van der Waals surface area contributed by atoms with Crippen molar-refractivity contribution < 1.29 is 5.21 Å². The zero-order valence-corrected chi connectivity index (χ0v) is 6.58. The second-order valence-electron chi connectivity index (χ2n) is 3.02. The Morgan fingerprint density at radius 1 is 1.64 bits per heavy atom. The van der Waals surface area contributed by atoms with Crippen LogP contribution in [0.3, 0.4) is 0 Å². The van der Waals surface area contributed by atoms with Gasteiger partial charge in [-0.3, -0.25) is 0 Å². The van der Waals surface area contributed by atoms with Crippen LogP contribution in [0.15, 0.2) is 5.16 Å². The number of hydrogen-bond donors (Lipinski definition) is 3. The van der Waals surface area contributed by atoms with Gasteiger partial charge in [-0.15, -0.1) is 0 Å². The third-order valence-corrected chi connectivity index (χ3v) is 2.09. The van der Waals surface area contributed by atoms with Gasteiger partial charge in [-0.05, 0) is 25.3 Å². The van der Waals surface area contributed by atoms with E-state index in [4.69, 9.17) is 10.9 Å². The molecule has 1 saturated carbocycles. The Bertz CT molecular complexity index is 143. The Balaban J connectivity index is 1.95. The third-order valence-electron chi connectivity index (χ3n) is 2.09. The predicted molar refractivity (Wildman–Crippen MR) is 43.6 cm³/mol. The van der Waals surface area contributed by atoms with Crippen LogP contribution in [0.2, 0.25) is 0 Å². The molecule has 0 bridgehead atoms. The minimum atomic E-state index is 0.254. The second-order valence-corrected chi connectivity index (χ2v) is 3.02. The summed E-state index contributed by atoms with van der Waals surface area (Å²) < 4.78 is 0. The van der Waals surface area contributed by atoms with Gasteiger partial charge in [0, 0.05) is 0 Å². The lowest BCUT2D eigenvalue weighted by atomic mass is 9.85. The molecule has 11 heavy (non-hydrogen) atoms. The molecule has 0 aromatic rings. The summed E-state index contributed by atoms with van der Waals surface area (Å²) in [7, 11) is 0. The first kappa shape index (κ1) is 8.33. The summed E-state index contributed by atoms with van der Waals surface area (Å²) in [6, 6.07) is 0. The zero-order chi connectivity index (χ0) is 8.10. The highest BCUT2D eigenvalue weighted by Gasteiger charge is 2.16. The lowest BCUT2D eigenvalue weighted by Crippen LogP contribution is -2.34. The molecule has 1 rings (SSSR count). The monoisotopic (exact) mass is 157 g/mol. The lowest BCUT2D eigenvalue weighted by Gasteiger charge is -2.25. The van der Waals surface area contributed by atoms with E-state index in [1.165, 1.54) is 19.3 Å². The first-order chi connectivity index (χ1) is 5.33. The highest BCUT2D eigenvalue weighted by molar-refractivity contribution is 5.81. The number of nitrogens with two attached hydrogens (primary N) is 1. The summed E-state index contributed by atoms with van der Waals surface area (Å²) in [6.07, 6.45) is 4.00. The van der Waals surface area contributed by atoms with Crippen LogP contribution in [0.5, 0.6) is 0 Å². The van der Waals surface area contributed by atoms with Crippen LogP contribution in [-0.4, -0.2) is 24.1 Å². The van der Waals surface area contributed by atoms with Crippen molar-refractivity contribution in [2.75, 3.05) is 13.1 Å². The van der Waals surface area contributed by atoms with E-state index >= 15 is 0 Å². The molecule has 0 atom stereocenters. The first-order valence-corrected chi connectivity index (χ1v) is 4.00. The molecule has 4 N–H and O–H groups in total. The van der Waals surface area contributed by atoms with Gasteiger partial charge < -0.3 is 16.3 Å². The average molecular weight is 157 g/mol. The maximum atomic E-state index is 8.19. The van der Waals surface area contributed by atoms with Gasteiger partial charge >= 0.3 is 0 Å². The molecule has 1 fully saturated rings. The number of nitrogens with one attached hydrogen (secondary N) is 1. The van der Waals surface area contributed by atoms with Crippen LogP contribution in [0.25, 0.3) is 0 Å². The van der Waals surface area contributed by atoms with E-state index in [1.54, 1.807) is 0 Å². The summed E-state index contributed by atoms with van der Waals surface area (Å²) in [5.74, 6) is 1.07. The summed E-state index contributed by atoms with van der Waals surface area (Å²) in [6.45, 7) is 1.49. The topological polar surface area (TPSA) is 70.6 Å². The van der Waals surface area contributed by atoms with Crippen LogP contribution in [0.1, 0.15) is 19.3 Å². The van der Waals surface area contributed by atoms with Gasteiger partial charge in [-0.1, -0.05) is 11.6 Å². The smallest absolute Gasteiger partial charge is 0.153 e. The van der Waals surface area contributed by atoms with Gasteiger partial charge in [0.15, 0.2) is 5.84 Å². The highest BCUT2D eigenvalue weighted by Crippen LogP contribution is 2.24. The molecule has 0 spiro atoms. The fraction of sp³-hybridized carbons (Fsp3) is 0.857. The minimum Gasteiger partial charge on any atom is -0.409 e. The van der Waals surface area contributed by atoms with Crippen molar-refractivity contribution in [3.05, 3.63) is 0 Å². The molecular formula is C7H15N3O. The molecule has 4 heteroatoms. The average Bonchev–Trinajstić information content (AvgIpc) is 1.94. The Kier molecular flexibility index (Phi) is 3.16. The SMILES string of the molecule is NC(CNCC1CCC1)=NO. The molecule has 0 amide bonds. The molecule has 0 aliphatic heterocycles. The number of amidine groups is 1. The molecule has 0 aromatic heterocycles. The molecule has 0 radical (unpaired) electrons. The number of hydrogen-bond acceptors (Lipinski definition) is 3. The highest BCUT2D eigenvalue weighted by atomic mass is 16.4. The number of rotatable bonds is 4. The molecule has 1 aliphatic carbocycles. The van der Waals surface area contributed by atoms with E-state index in [9.17, 15) is 0 Å². The molecule has 1 aliphatic rings. The third kappa shape index (κ3) is 2.76. The van der Waals surface area contributed by atoms with E-state index in [-0.39, 0.29) is 5.84 Å². The Morgan fingerprint density at radius 3 is 2.82 bits per heavy atom. The van der Waals surface area contributed by atoms with Gasteiger partial charge in [0.1, 0.15) is 0 Å². The van der Waals surface area contributed by atoms with E-state index in [1.807, 2.05) is 0 Å². The van der Waals surface area contributed by atoms with Gasteiger partial charge in [0.05, 0.1) is 6.54 Å². The second kappa shape index (κ2) is 4.18. The predicted octanol–water partition coefficient (Wildman–Crippen LogP) is 0.122. The van der Waals surface area contributed by atoms with Crippen LogP contribution in [-0.2, 0) is 0 Å². The molecule has 0 heterocycles. The lowest BCUT2D eigenvalue weighted by molar-refractivity contribution is 0.302. The maximum absolute atomic E-state index is 8.19. The van der Waals surface area contributed by atoms with Crippen LogP contribution < -0.4 is 11.1 Å². The molecule has 0 saturated heterocycles. The Labute approximate surface area is 66.5 Å². The zero-order valence-electron chi connectivity index (χ0n) is 6.58. The minimum absolute atomic E-state index is 0.254. The van der Waals surface area contributed by atoms with Gasteiger partial charge in [0.25, 0.3) is 0 Å².